The van der Waals surface area contributed by atoms with E-state index in [4.69, 9.17) is 11.6 Å². The second-order valence-corrected chi connectivity index (χ2v) is 7.02. The Kier molecular flexibility index (Phi) is 6.66. The summed E-state index contributed by atoms with van der Waals surface area (Å²) in [6.45, 7) is 2.69. The van der Waals surface area contributed by atoms with Crippen LogP contribution in [0.5, 0.6) is 0 Å². The summed E-state index contributed by atoms with van der Waals surface area (Å²) in [6.07, 6.45) is 6.36. The van der Waals surface area contributed by atoms with Crippen LogP contribution in [0.25, 0.3) is 11.6 Å². The summed E-state index contributed by atoms with van der Waals surface area (Å²) in [5.74, 6) is -0.0300. The lowest BCUT2D eigenvalue weighted by Crippen LogP contribution is -2.08. The maximum absolute atomic E-state index is 11.9. The number of aromatic nitrogens is 2. The number of carboxylic acids is 1. The first-order valence-electron chi connectivity index (χ1n) is 9.38. The normalized spacial score (nSPS) is 11.6. The zero-order valence-corrected chi connectivity index (χ0v) is 16.6. The second kappa shape index (κ2) is 9.38. The summed E-state index contributed by atoms with van der Waals surface area (Å²) in [5, 5.41) is 10.4. The number of unbranched alkanes of at least 4 members (excludes halogenated alkanes) is 1. The SMILES string of the molecule is CCCCc1ncc(/C=C(/C(=O)O)c2ccccc2)n1Cc1ccccc1Cl. The maximum Gasteiger partial charge on any atom is 0.336 e. The molecule has 0 fully saturated rings. The molecule has 0 unspecified atom stereocenters. The first-order valence-corrected chi connectivity index (χ1v) is 9.76. The summed E-state index contributed by atoms with van der Waals surface area (Å²) in [5.41, 5.74) is 2.64. The highest BCUT2D eigenvalue weighted by molar-refractivity contribution is 6.31. The molecule has 144 valence electrons. The van der Waals surface area contributed by atoms with Crippen molar-refractivity contribution in [3.05, 3.63) is 88.5 Å². The smallest absolute Gasteiger partial charge is 0.336 e. The zero-order valence-electron chi connectivity index (χ0n) is 15.8. The molecule has 3 aromatic rings. The second-order valence-electron chi connectivity index (χ2n) is 6.61. The van der Waals surface area contributed by atoms with Gasteiger partial charge in [0.2, 0.25) is 0 Å². The van der Waals surface area contributed by atoms with E-state index in [1.54, 1.807) is 24.4 Å². The van der Waals surface area contributed by atoms with E-state index in [-0.39, 0.29) is 5.57 Å². The van der Waals surface area contributed by atoms with Gasteiger partial charge in [0.15, 0.2) is 0 Å². The van der Waals surface area contributed by atoms with E-state index >= 15 is 0 Å². The van der Waals surface area contributed by atoms with Gasteiger partial charge < -0.3 is 9.67 Å². The average molecular weight is 395 g/mol. The molecule has 2 aromatic carbocycles. The molecule has 0 saturated heterocycles. The molecule has 3 rings (SSSR count). The van der Waals surface area contributed by atoms with Gasteiger partial charge in [0.1, 0.15) is 5.82 Å². The van der Waals surface area contributed by atoms with Gasteiger partial charge in [0.25, 0.3) is 0 Å². The number of aryl methyl sites for hydroxylation is 1. The molecule has 1 heterocycles. The molecule has 0 bridgehead atoms. The van der Waals surface area contributed by atoms with Crippen molar-refractivity contribution in [2.24, 2.45) is 0 Å². The quantitative estimate of drug-likeness (QED) is 0.509. The molecule has 0 aliphatic heterocycles. The van der Waals surface area contributed by atoms with Crippen LogP contribution >= 0.6 is 11.6 Å². The molecule has 4 nitrogen and oxygen atoms in total. The minimum Gasteiger partial charge on any atom is -0.478 e. The van der Waals surface area contributed by atoms with Crippen molar-refractivity contribution in [2.75, 3.05) is 0 Å². The van der Waals surface area contributed by atoms with Gasteiger partial charge in [0, 0.05) is 11.4 Å². The van der Waals surface area contributed by atoms with Crippen molar-refractivity contribution in [3.63, 3.8) is 0 Å². The first kappa shape index (κ1) is 19.9. The maximum atomic E-state index is 11.9. The van der Waals surface area contributed by atoms with E-state index in [0.29, 0.717) is 17.1 Å². The van der Waals surface area contributed by atoms with Gasteiger partial charge in [-0.25, -0.2) is 9.78 Å². The number of carbonyl (C=O) groups is 1. The Morgan fingerprint density at radius 1 is 1.14 bits per heavy atom. The van der Waals surface area contributed by atoms with Gasteiger partial charge in [-0.05, 0) is 29.7 Å². The number of aliphatic carboxylic acids is 1. The highest BCUT2D eigenvalue weighted by atomic mass is 35.5. The predicted molar refractivity (Wildman–Crippen MR) is 113 cm³/mol. The van der Waals surface area contributed by atoms with Gasteiger partial charge >= 0.3 is 5.97 Å². The van der Waals surface area contributed by atoms with E-state index in [0.717, 1.165) is 36.3 Å². The summed E-state index contributed by atoms with van der Waals surface area (Å²) in [4.78, 5) is 16.5. The summed E-state index contributed by atoms with van der Waals surface area (Å²) >= 11 is 6.36. The fraction of sp³-hybridized carbons (Fsp3) is 0.217. The van der Waals surface area contributed by atoms with E-state index in [1.807, 2.05) is 42.5 Å². The fourth-order valence-electron chi connectivity index (χ4n) is 3.09. The van der Waals surface area contributed by atoms with Crippen LogP contribution in [0.2, 0.25) is 5.02 Å². The van der Waals surface area contributed by atoms with Crippen LogP contribution in [-0.2, 0) is 17.8 Å². The van der Waals surface area contributed by atoms with Crippen LogP contribution in [0.3, 0.4) is 0 Å². The molecular weight excluding hydrogens is 372 g/mol. The number of nitrogens with zero attached hydrogens (tertiary/aromatic N) is 2. The summed E-state index contributed by atoms with van der Waals surface area (Å²) < 4.78 is 2.06. The monoisotopic (exact) mass is 394 g/mol. The molecule has 1 aromatic heterocycles. The van der Waals surface area contributed by atoms with E-state index in [2.05, 4.69) is 16.5 Å². The number of carboxylic acid groups (broad SMARTS) is 1. The highest BCUT2D eigenvalue weighted by Crippen LogP contribution is 2.23. The van der Waals surface area contributed by atoms with E-state index in [1.165, 1.54) is 0 Å². The molecular formula is C23H23ClN2O2. The van der Waals surface area contributed by atoms with Gasteiger partial charge in [-0.2, -0.15) is 0 Å². The van der Waals surface area contributed by atoms with Crippen molar-refractivity contribution in [1.82, 2.24) is 9.55 Å². The number of imidazole rings is 1. The van der Waals surface area contributed by atoms with Crippen LogP contribution in [0, 0.1) is 0 Å². The van der Waals surface area contributed by atoms with Crippen LogP contribution in [-0.4, -0.2) is 20.6 Å². The number of benzene rings is 2. The number of hydrogen-bond acceptors (Lipinski definition) is 2. The van der Waals surface area contributed by atoms with Crippen molar-refractivity contribution < 1.29 is 9.90 Å². The molecule has 0 amide bonds. The molecule has 28 heavy (non-hydrogen) atoms. The Bertz CT molecular complexity index is 977. The molecule has 0 saturated carbocycles. The summed E-state index contributed by atoms with van der Waals surface area (Å²) in [6, 6.07) is 16.8. The largest absolute Gasteiger partial charge is 0.478 e. The van der Waals surface area contributed by atoms with Gasteiger partial charge in [-0.3, -0.25) is 0 Å². The third-order valence-electron chi connectivity index (χ3n) is 4.62. The lowest BCUT2D eigenvalue weighted by atomic mass is 10.1. The van der Waals surface area contributed by atoms with Crippen LogP contribution in [0.15, 0.2) is 60.8 Å². The Labute approximate surface area is 170 Å². The fourth-order valence-corrected chi connectivity index (χ4v) is 3.29. The summed E-state index contributed by atoms with van der Waals surface area (Å²) in [7, 11) is 0. The van der Waals surface area contributed by atoms with E-state index < -0.39 is 5.97 Å². The van der Waals surface area contributed by atoms with Crippen LogP contribution in [0.1, 0.15) is 42.4 Å². The molecule has 0 aliphatic carbocycles. The Balaban J connectivity index is 2.06. The Morgan fingerprint density at radius 2 is 1.86 bits per heavy atom. The topological polar surface area (TPSA) is 55.1 Å². The first-order chi connectivity index (χ1) is 13.6. The Morgan fingerprint density at radius 3 is 2.54 bits per heavy atom. The van der Waals surface area contributed by atoms with Crippen molar-refractivity contribution in [2.45, 2.75) is 32.7 Å². The molecule has 5 heteroatoms. The minimum atomic E-state index is -0.966. The van der Waals surface area contributed by atoms with Crippen molar-refractivity contribution >= 4 is 29.2 Å². The highest BCUT2D eigenvalue weighted by Gasteiger charge is 2.15. The lowest BCUT2D eigenvalue weighted by molar-refractivity contribution is -0.130. The molecule has 1 N–H and O–H groups in total. The average Bonchev–Trinajstić information content (AvgIpc) is 3.08. The van der Waals surface area contributed by atoms with Crippen LogP contribution in [0.4, 0.5) is 0 Å². The third kappa shape index (κ3) is 4.70. The standard InChI is InChI=1S/C23H23ClN2O2/c1-2-3-13-22-25-15-19(26(22)16-18-11-7-8-12-21(18)24)14-20(23(27)28)17-9-5-4-6-10-17/h4-12,14-15H,2-3,13,16H2,1H3,(H,27,28)/b20-14+. The van der Waals surface area contributed by atoms with Gasteiger partial charge in [-0.15, -0.1) is 0 Å². The number of hydrogen-bond donors (Lipinski definition) is 1. The Hall–Kier alpha value is -2.85. The lowest BCUT2D eigenvalue weighted by Gasteiger charge is -2.12. The minimum absolute atomic E-state index is 0.239. The van der Waals surface area contributed by atoms with Crippen LogP contribution < -0.4 is 0 Å². The molecule has 0 radical (unpaired) electrons. The third-order valence-corrected chi connectivity index (χ3v) is 4.99. The predicted octanol–water partition coefficient (Wildman–Crippen LogP) is 5.55. The molecule has 0 atom stereocenters. The van der Waals surface area contributed by atoms with Gasteiger partial charge in [-0.1, -0.05) is 73.5 Å². The van der Waals surface area contributed by atoms with Crippen molar-refractivity contribution in [1.29, 1.82) is 0 Å². The molecule has 0 aliphatic rings. The van der Waals surface area contributed by atoms with E-state index in [9.17, 15) is 9.90 Å². The van der Waals surface area contributed by atoms with Crippen molar-refractivity contribution in [3.8, 4) is 0 Å². The zero-order chi connectivity index (χ0) is 19.9. The van der Waals surface area contributed by atoms with Gasteiger partial charge in [0.05, 0.1) is 24.0 Å². The molecule has 0 spiro atoms. The number of rotatable bonds is 8. The number of halogens is 1.